The van der Waals surface area contributed by atoms with Crippen molar-refractivity contribution in [3.8, 4) is 11.4 Å². The molecule has 0 fully saturated rings. The number of hydrogen-bond donors (Lipinski definition) is 2. The third kappa shape index (κ3) is 4.23. The summed E-state index contributed by atoms with van der Waals surface area (Å²) >= 11 is 0. The molecule has 1 heterocycles. The molecule has 0 saturated carbocycles. The quantitative estimate of drug-likeness (QED) is 0.813. The molecule has 0 atom stereocenters. The fraction of sp³-hybridized carbons (Fsp3) is 0.375. The number of benzene rings is 1. The number of nitrogens with zero attached hydrogens (tertiary/aromatic N) is 1. The van der Waals surface area contributed by atoms with Crippen LogP contribution >= 0.6 is 0 Å². The molecule has 2 N–H and O–H groups in total. The predicted molar refractivity (Wildman–Crippen MR) is 80.3 cm³/mol. The second-order valence-electron chi connectivity index (χ2n) is 4.83. The van der Waals surface area contributed by atoms with Crippen molar-refractivity contribution in [3.05, 3.63) is 42.2 Å². The number of unbranched alkanes of at least 4 members (excludes halogenated alkanes) is 1. The van der Waals surface area contributed by atoms with E-state index in [1.54, 1.807) is 0 Å². The first kappa shape index (κ1) is 14.3. The number of carbonyl (C=O) groups is 1. The van der Waals surface area contributed by atoms with Gasteiger partial charge >= 0.3 is 0 Å². The molecule has 2 aromatic rings. The maximum absolute atomic E-state index is 11.5. The van der Waals surface area contributed by atoms with Crippen molar-refractivity contribution in [2.24, 2.45) is 0 Å². The van der Waals surface area contributed by atoms with Crippen molar-refractivity contribution < 1.29 is 4.79 Å². The Bertz CT molecular complexity index is 534. The summed E-state index contributed by atoms with van der Waals surface area (Å²) in [6.45, 7) is 2.74. The van der Waals surface area contributed by atoms with E-state index in [-0.39, 0.29) is 5.91 Å². The molecule has 0 aliphatic heterocycles. The van der Waals surface area contributed by atoms with Crippen LogP contribution in [0.1, 0.15) is 31.9 Å². The lowest BCUT2D eigenvalue weighted by Crippen LogP contribution is -2.25. The number of H-pyrrole nitrogens is 1. The van der Waals surface area contributed by atoms with Crippen LogP contribution in [0.3, 0.4) is 0 Å². The molecule has 20 heavy (non-hydrogen) atoms. The molecule has 0 radical (unpaired) electrons. The van der Waals surface area contributed by atoms with Gasteiger partial charge in [0, 0.05) is 36.8 Å². The molecule has 0 spiro atoms. The predicted octanol–water partition coefficient (Wildman–Crippen LogP) is 2.93. The molecule has 2 rings (SSSR count). The zero-order chi connectivity index (χ0) is 14.2. The molecule has 4 heteroatoms. The summed E-state index contributed by atoms with van der Waals surface area (Å²) in [5.41, 5.74) is 2.12. The second kappa shape index (κ2) is 7.48. The van der Waals surface area contributed by atoms with Crippen LogP contribution in [0.25, 0.3) is 11.4 Å². The molecule has 0 saturated heterocycles. The highest BCUT2D eigenvalue weighted by atomic mass is 16.1. The number of aromatic amines is 1. The average molecular weight is 271 g/mol. The van der Waals surface area contributed by atoms with Crippen LogP contribution in [-0.2, 0) is 11.2 Å². The van der Waals surface area contributed by atoms with Crippen molar-refractivity contribution in [1.29, 1.82) is 0 Å². The maximum Gasteiger partial charge on any atom is 0.220 e. The Morgan fingerprint density at radius 2 is 2.10 bits per heavy atom. The third-order valence-electron chi connectivity index (χ3n) is 3.15. The van der Waals surface area contributed by atoms with Crippen LogP contribution in [0.4, 0.5) is 0 Å². The van der Waals surface area contributed by atoms with E-state index in [1.807, 2.05) is 36.5 Å². The fourth-order valence-electron chi connectivity index (χ4n) is 1.99. The lowest BCUT2D eigenvalue weighted by molar-refractivity contribution is -0.121. The van der Waals surface area contributed by atoms with Gasteiger partial charge < -0.3 is 10.3 Å². The summed E-state index contributed by atoms with van der Waals surface area (Å²) in [6.07, 6.45) is 5.23. The molecule has 0 aliphatic carbocycles. The Morgan fingerprint density at radius 1 is 1.30 bits per heavy atom. The second-order valence-corrected chi connectivity index (χ2v) is 4.83. The Morgan fingerprint density at radius 3 is 2.85 bits per heavy atom. The van der Waals surface area contributed by atoms with E-state index in [1.165, 1.54) is 0 Å². The van der Waals surface area contributed by atoms with Gasteiger partial charge in [-0.15, -0.1) is 0 Å². The van der Waals surface area contributed by atoms with Gasteiger partial charge in [0.05, 0.1) is 0 Å². The fourth-order valence-corrected chi connectivity index (χ4v) is 1.99. The van der Waals surface area contributed by atoms with E-state index in [9.17, 15) is 4.79 Å². The van der Waals surface area contributed by atoms with Crippen molar-refractivity contribution in [3.63, 3.8) is 0 Å². The number of aromatic nitrogens is 2. The van der Waals surface area contributed by atoms with Gasteiger partial charge in [0.25, 0.3) is 0 Å². The smallest absolute Gasteiger partial charge is 0.220 e. The highest BCUT2D eigenvalue weighted by Crippen LogP contribution is 2.14. The third-order valence-corrected chi connectivity index (χ3v) is 3.15. The Kier molecular flexibility index (Phi) is 5.35. The van der Waals surface area contributed by atoms with Crippen LogP contribution in [0.15, 0.2) is 36.5 Å². The van der Waals surface area contributed by atoms with Crippen molar-refractivity contribution in [2.75, 3.05) is 6.54 Å². The number of rotatable bonds is 7. The van der Waals surface area contributed by atoms with E-state index in [0.717, 1.165) is 36.3 Å². The molecule has 0 aliphatic rings. The molecular formula is C16H21N3O. The highest BCUT2D eigenvalue weighted by Gasteiger charge is 2.04. The van der Waals surface area contributed by atoms with Gasteiger partial charge in [-0.2, -0.15) is 0 Å². The van der Waals surface area contributed by atoms with Gasteiger partial charge in [-0.1, -0.05) is 43.7 Å². The summed E-state index contributed by atoms with van der Waals surface area (Å²) in [6, 6.07) is 10.0. The molecule has 0 unspecified atom stereocenters. The highest BCUT2D eigenvalue weighted by molar-refractivity contribution is 5.75. The summed E-state index contributed by atoms with van der Waals surface area (Å²) in [5, 5.41) is 2.93. The largest absolute Gasteiger partial charge is 0.356 e. The van der Waals surface area contributed by atoms with Crippen molar-refractivity contribution in [1.82, 2.24) is 15.3 Å². The van der Waals surface area contributed by atoms with E-state index < -0.39 is 0 Å². The van der Waals surface area contributed by atoms with Crippen LogP contribution in [0.5, 0.6) is 0 Å². The van der Waals surface area contributed by atoms with E-state index in [4.69, 9.17) is 0 Å². The zero-order valence-corrected chi connectivity index (χ0v) is 11.9. The summed E-state index contributed by atoms with van der Waals surface area (Å²) in [5.74, 6) is 1.01. The Hall–Kier alpha value is -2.10. The molecular weight excluding hydrogens is 250 g/mol. The van der Waals surface area contributed by atoms with Gasteiger partial charge in [0.2, 0.25) is 5.91 Å². The number of imidazole rings is 1. The number of hydrogen-bond acceptors (Lipinski definition) is 2. The van der Waals surface area contributed by atoms with Crippen LogP contribution in [0, 0.1) is 0 Å². The van der Waals surface area contributed by atoms with Gasteiger partial charge in [0.1, 0.15) is 5.82 Å². The number of carbonyl (C=O) groups excluding carboxylic acids is 1. The molecule has 106 valence electrons. The summed E-state index contributed by atoms with van der Waals surface area (Å²) in [4.78, 5) is 19.1. The Balaban J connectivity index is 1.80. The first-order chi connectivity index (χ1) is 9.79. The number of nitrogens with one attached hydrogen (secondary N) is 2. The lowest BCUT2D eigenvalue weighted by atomic mass is 10.2. The summed E-state index contributed by atoms with van der Waals surface area (Å²) < 4.78 is 0. The zero-order valence-electron chi connectivity index (χ0n) is 11.9. The van der Waals surface area contributed by atoms with E-state index >= 15 is 0 Å². The first-order valence-corrected chi connectivity index (χ1v) is 7.15. The van der Waals surface area contributed by atoms with Crippen molar-refractivity contribution >= 4 is 5.91 Å². The average Bonchev–Trinajstić information content (AvgIpc) is 2.95. The molecule has 4 nitrogen and oxygen atoms in total. The SMILES string of the molecule is CCCCC(=O)NCCc1cnc(-c2ccccc2)[nH]1. The minimum atomic E-state index is 0.134. The maximum atomic E-state index is 11.5. The van der Waals surface area contributed by atoms with Gasteiger partial charge in [-0.25, -0.2) is 4.98 Å². The lowest BCUT2D eigenvalue weighted by Gasteiger charge is -2.03. The first-order valence-electron chi connectivity index (χ1n) is 7.15. The molecule has 1 aromatic heterocycles. The van der Waals surface area contributed by atoms with Crippen molar-refractivity contribution in [2.45, 2.75) is 32.6 Å². The van der Waals surface area contributed by atoms with E-state index in [0.29, 0.717) is 13.0 Å². The normalized spacial score (nSPS) is 10.4. The van der Waals surface area contributed by atoms with Crippen LogP contribution < -0.4 is 5.32 Å². The van der Waals surface area contributed by atoms with Gasteiger partial charge in [-0.3, -0.25) is 4.79 Å². The van der Waals surface area contributed by atoms with E-state index in [2.05, 4.69) is 22.2 Å². The molecule has 1 amide bonds. The van der Waals surface area contributed by atoms with Crippen LogP contribution in [0.2, 0.25) is 0 Å². The Labute approximate surface area is 119 Å². The minimum Gasteiger partial charge on any atom is -0.356 e. The number of amides is 1. The van der Waals surface area contributed by atoms with Crippen LogP contribution in [-0.4, -0.2) is 22.4 Å². The topological polar surface area (TPSA) is 57.8 Å². The molecule has 0 bridgehead atoms. The standard InChI is InChI=1S/C16H21N3O/c1-2-3-9-15(20)17-11-10-14-12-18-16(19-14)13-7-5-4-6-8-13/h4-8,12H,2-3,9-11H2,1H3,(H,17,20)(H,18,19). The minimum absolute atomic E-state index is 0.134. The van der Waals surface area contributed by atoms with Gasteiger partial charge in [0.15, 0.2) is 0 Å². The van der Waals surface area contributed by atoms with Gasteiger partial charge in [-0.05, 0) is 6.42 Å². The molecule has 1 aromatic carbocycles. The monoisotopic (exact) mass is 271 g/mol. The summed E-state index contributed by atoms with van der Waals surface area (Å²) in [7, 11) is 0.